The summed E-state index contributed by atoms with van der Waals surface area (Å²) in [5, 5.41) is 8.07. The monoisotopic (exact) mass is 762 g/mol. The number of aliphatic carboxylic acids is 1. The standard InChI is InChI=1S/C14H22O4.C10H14O4.C8H10O4.C7H8O3/c1-3-5-11-17-13(15)9-7-8-10-14(16)18-12-6-4-2;1-3-13-9(11)7-5-6-8-10(12)14-4-2;1-11-7(9)5-3-4-6-8(10)12-2;1-6(8)4-2-3-5-7(9)10/h7-10H,3-6,11-12H2,1-2H3;5-8H,3-4H2,1-2H3;3-6H,1-2H3;2-5H,1H3,(H,9,10)/b9-7+,10-8+;7-5+,8-6+;5-3+,6-4+;4-2+,5-3+. The van der Waals surface area contributed by atoms with Gasteiger partial charge in [-0.1, -0.05) is 75.3 Å². The van der Waals surface area contributed by atoms with Crippen LogP contribution in [0.4, 0.5) is 0 Å². The van der Waals surface area contributed by atoms with E-state index in [0.717, 1.165) is 31.8 Å². The zero-order chi connectivity index (χ0) is 41.8. The molecule has 0 aliphatic heterocycles. The van der Waals surface area contributed by atoms with E-state index in [1.165, 1.54) is 112 Å². The van der Waals surface area contributed by atoms with Crippen molar-refractivity contribution < 1.29 is 71.9 Å². The minimum Gasteiger partial charge on any atom is -0.478 e. The molecule has 300 valence electrons. The number of ketones is 1. The number of carbonyl (C=O) groups is 8. The molecule has 15 nitrogen and oxygen atoms in total. The molecular weight excluding hydrogens is 708 g/mol. The van der Waals surface area contributed by atoms with Gasteiger partial charge in [-0.3, -0.25) is 4.79 Å². The first-order valence-electron chi connectivity index (χ1n) is 16.7. The van der Waals surface area contributed by atoms with Crippen LogP contribution in [-0.4, -0.2) is 93.3 Å². The number of rotatable bonds is 20. The van der Waals surface area contributed by atoms with Crippen LogP contribution in [-0.2, 0) is 66.8 Å². The topological polar surface area (TPSA) is 212 Å². The first kappa shape index (κ1) is 54.7. The SMILES string of the molecule is CC(=O)/C=C/C=C/C(=O)O.CCCCOC(=O)/C=C/C=C/C(=O)OCCCC.CCOC(=O)/C=C/C=C/C(=O)OCC.COC(=O)/C=C/C=C/C(=O)OC. The largest absolute Gasteiger partial charge is 0.478 e. The Bertz CT molecular complexity index is 1240. The molecule has 0 heterocycles. The Labute approximate surface area is 317 Å². The molecule has 0 saturated heterocycles. The van der Waals surface area contributed by atoms with E-state index >= 15 is 0 Å². The summed E-state index contributed by atoms with van der Waals surface area (Å²) >= 11 is 0. The van der Waals surface area contributed by atoms with E-state index in [1.54, 1.807) is 13.8 Å². The number of ether oxygens (including phenoxy) is 6. The highest BCUT2D eigenvalue weighted by Gasteiger charge is 1.96. The van der Waals surface area contributed by atoms with Gasteiger partial charge in [-0.15, -0.1) is 0 Å². The Morgan fingerprint density at radius 2 is 0.704 bits per heavy atom. The Kier molecular flexibility index (Phi) is 43.6. The Morgan fingerprint density at radius 1 is 0.426 bits per heavy atom. The predicted octanol–water partition coefficient (Wildman–Crippen LogP) is 5.23. The molecule has 0 spiro atoms. The molecule has 15 heteroatoms. The second kappa shape index (κ2) is 43.0. The second-order valence-electron chi connectivity index (χ2n) is 9.41. The first-order valence-corrected chi connectivity index (χ1v) is 16.7. The van der Waals surface area contributed by atoms with Gasteiger partial charge in [0.15, 0.2) is 5.78 Å². The van der Waals surface area contributed by atoms with E-state index in [2.05, 4.69) is 18.9 Å². The van der Waals surface area contributed by atoms with Crippen LogP contribution in [0.2, 0.25) is 0 Å². The van der Waals surface area contributed by atoms with Gasteiger partial charge >= 0.3 is 41.8 Å². The lowest BCUT2D eigenvalue weighted by molar-refractivity contribution is -0.138. The molecule has 0 saturated carbocycles. The van der Waals surface area contributed by atoms with E-state index in [-0.39, 0.29) is 5.78 Å². The van der Waals surface area contributed by atoms with Gasteiger partial charge in [0.05, 0.1) is 40.6 Å². The van der Waals surface area contributed by atoms with Gasteiger partial charge < -0.3 is 33.5 Å². The number of allylic oxidation sites excluding steroid dienone is 9. The van der Waals surface area contributed by atoms with Crippen LogP contribution in [0.1, 0.15) is 60.3 Å². The smallest absolute Gasteiger partial charge is 0.330 e. The maximum absolute atomic E-state index is 11.1. The Morgan fingerprint density at radius 3 is 0.963 bits per heavy atom. The molecule has 0 radical (unpaired) electrons. The average molecular weight is 763 g/mol. The number of hydrogen-bond acceptors (Lipinski definition) is 14. The third-order valence-corrected chi connectivity index (χ3v) is 4.87. The van der Waals surface area contributed by atoms with Crippen molar-refractivity contribution >= 4 is 47.6 Å². The lowest BCUT2D eigenvalue weighted by atomic mass is 10.3. The van der Waals surface area contributed by atoms with Crippen molar-refractivity contribution in [3.8, 4) is 0 Å². The molecule has 0 amide bonds. The minimum atomic E-state index is -1.02. The number of unbranched alkanes of at least 4 members (excludes halogenated alkanes) is 2. The van der Waals surface area contributed by atoms with Crippen molar-refractivity contribution in [3.05, 3.63) is 97.2 Å². The van der Waals surface area contributed by atoms with Gasteiger partial charge in [-0.2, -0.15) is 0 Å². The summed E-state index contributed by atoms with van der Waals surface area (Å²) in [6.45, 7) is 10.4. The highest BCUT2D eigenvalue weighted by atomic mass is 16.5. The van der Waals surface area contributed by atoms with Crippen LogP contribution in [0.15, 0.2) is 97.2 Å². The van der Waals surface area contributed by atoms with Crippen molar-refractivity contribution in [1.29, 1.82) is 0 Å². The van der Waals surface area contributed by atoms with Crippen molar-refractivity contribution in [3.63, 3.8) is 0 Å². The lowest BCUT2D eigenvalue weighted by Crippen LogP contribution is -2.02. The average Bonchev–Trinajstić information content (AvgIpc) is 3.13. The molecule has 0 rings (SSSR count). The van der Waals surface area contributed by atoms with Crippen LogP contribution in [0.5, 0.6) is 0 Å². The molecule has 0 aromatic heterocycles. The highest BCUT2D eigenvalue weighted by molar-refractivity contribution is 5.88. The Balaban J connectivity index is -0.000000316. The van der Waals surface area contributed by atoms with E-state index in [1.807, 2.05) is 13.8 Å². The lowest BCUT2D eigenvalue weighted by Gasteiger charge is -1.98. The first-order chi connectivity index (χ1) is 25.7. The summed E-state index contributed by atoms with van der Waals surface area (Å²) in [5.74, 6) is -3.71. The summed E-state index contributed by atoms with van der Waals surface area (Å²) in [6.07, 6.45) is 24.6. The molecule has 0 aromatic rings. The highest BCUT2D eigenvalue weighted by Crippen LogP contribution is 1.92. The number of carboxylic acid groups (broad SMARTS) is 1. The van der Waals surface area contributed by atoms with E-state index in [9.17, 15) is 38.4 Å². The number of methoxy groups -OCH3 is 2. The van der Waals surface area contributed by atoms with Gasteiger partial charge in [0.1, 0.15) is 0 Å². The zero-order valence-electron chi connectivity index (χ0n) is 32.1. The van der Waals surface area contributed by atoms with Gasteiger partial charge in [-0.05, 0) is 39.7 Å². The van der Waals surface area contributed by atoms with E-state index < -0.39 is 41.8 Å². The number of carboxylic acids is 1. The van der Waals surface area contributed by atoms with Crippen molar-refractivity contribution in [2.45, 2.75) is 60.3 Å². The van der Waals surface area contributed by atoms with Gasteiger partial charge in [0.25, 0.3) is 0 Å². The van der Waals surface area contributed by atoms with Crippen LogP contribution < -0.4 is 0 Å². The fraction of sp³-hybridized carbons (Fsp3) is 0.385. The third kappa shape index (κ3) is 52.7. The number of hydrogen-bond donors (Lipinski definition) is 1. The normalized spacial score (nSPS) is 10.8. The van der Waals surface area contributed by atoms with Crippen molar-refractivity contribution in [1.82, 2.24) is 0 Å². The summed E-state index contributed by atoms with van der Waals surface area (Å²) in [7, 11) is 2.55. The predicted molar refractivity (Wildman–Crippen MR) is 200 cm³/mol. The maximum atomic E-state index is 11.1. The zero-order valence-corrected chi connectivity index (χ0v) is 32.1. The quantitative estimate of drug-likeness (QED) is 0.0553. The molecule has 54 heavy (non-hydrogen) atoms. The minimum absolute atomic E-state index is 0.102. The molecule has 0 aromatic carbocycles. The van der Waals surface area contributed by atoms with Crippen LogP contribution in [0.25, 0.3) is 0 Å². The molecule has 0 atom stereocenters. The number of carbonyl (C=O) groups excluding carboxylic acids is 7. The second-order valence-corrected chi connectivity index (χ2v) is 9.41. The van der Waals surface area contributed by atoms with E-state index in [4.69, 9.17) is 14.6 Å². The number of esters is 6. The summed E-state index contributed by atoms with van der Waals surface area (Å²) in [4.78, 5) is 84.7. The van der Waals surface area contributed by atoms with Crippen molar-refractivity contribution in [2.24, 2.45) is 0 Å². The fourth-order valence-electron chi connectivity index (χ4n) is 2.38. The summed E-state index contributed by atoms with van der Waals surface area (Å²) in [6, 6.07) is 0. The Hall–Kier alpha value is -6.12. The van der Waals surface area contributed by atoms with Gasteiger partial charge in [0.2, 0.25) is 0 Å². The third-order valence-electron chi connectivity index (χ3n) is 4.87. The molecule has 0 aliphatic rings. The summed E-state index contributed by atoms with van der Waals surface area (Å²) in [5.41, 5.74) is 0. The molecule has 0 unspecified atom stereocenters. The van der Waals surface area contributed by atoms with Crippen LogP contribution >= 0.6 is 0 Å². The van der Waals surface area contributed by atoms with Crippen LogP contribution in [0, 0.1) is 0 Å². The van der Waals surface area contributed by atoms with Crippen LogP contribution in [0.3, 0.4) is 0 Å². The van der Waals surface area contributed by atoms with Crippen molar-refractivity contribution in [2.75, 3.05) is 40.6 Å². The molecule has 0 fully saturated rings. The van der Waals surface area contributed by atoms with Gasteiger partial charge in [0, 0.05) is 42.5 Å². The fourth-order valence-corrected chi connectivity index (χ4v) is 2.38. The molecule has 0 bridgehead atoms. The molecular formula is C39H54O15. The van der Waals surface area contributed by atoms with E-state index in [0.29, 0.717) is 26.4 Å². The molecule has 0 aliphatic carbocycles. The van der Waals surface area contributed by atoms with Gasteiger partial charge in [-0.25, -0.2) is 33.6 Å². The molecule has 1 N–H and O–H groups in total. The maximum Gasteiger partial charge on any atom is 0.330 e. The summed E-state index contributed by atoms with van der Waals surface area (Å²) < 4.78 is 27.6.